The van der Waals surface area contributed by atoms with Gasteiger partial charge in [-0.05, 0) is 39.0 Å². The normalized spacial score (nSPS) is 20.7. The van der Waals surface area contributed by atoms with Crippen molar-refractivity contribution in [1.29, 1.82) is 0 Å². The zero-order valence-corrected chi connectivity index (χ0v) is 20.3. The van der Waals surface area contributed by atoms with E-state index in [2.05, 4.69) is 35.5 Å². The number of amides is 1. The molecule has 2 atom stereocenters. The number of ketones is 1. The largest absolute Gasteiger partial charge is 0.481 e. The van der Waals surface area contributed by atoms with Gasteiger partial charge in [0.15, 0.2) is 11.6 Å². The van der Waals surface area contributed by atoms with Crippen LogP contribution in [0.4, 0.5) is 5.82 Å². The van der Waals surface area contributed by atoms with E-state index in [0.717, 1.165) is 25.7 Å². The number of fused-ring (bicyclic) bond motifs is 2. The van der Waals surface area contributed by atoms with Gasteiger partial charge in [0.05, 0.1) is 25.6 Å². The number of hydrogen-bond acceptors (Lipinski definition) is 10. The van der Waals surface area contributed by atoms with Crippen molar-refractivity contribution < 1.29 is 24.1 Å². The lowest BCUT2D eigenvalue weighted by Crippen LogP contribution is -2.50. The van der Waals surface area contributed by atoms with Crippen LogP contribution in [0.3, 0.4) is 0 Å². The summed E-state index contributed by atoms with van der Waals surface area (Å²) in [5.41, 5.74) is 0.543. The minimum absolute atomic E-state index is 0.00817. The third-order valence-electron chi connectivity index (χ3n) is 7.09. The molecule has 3 N–H and O–H groups in total. The van der Waals surface area contributed by atoms with Gasteiger partial charge >= 0.3 is 5.97 Å². The summed E-state index contributed by atoms with van der Waals surface area (Å²) in [6, 6.07) is -1.44. The van der Waals surface area contributed by atoms with Crippen LogP contribution in [-0.2, 0) is 20.9 Å². The Bertz CT molecular complexity index is 1160. The lowest BCUT2D eigenvalue weighted by molar-refractivity contribution is -0.140. The van der Waals surface area contributed by atoms with Crippen LogP contribution in [0.25, 0.3) is 0 Å². The molecule has 0 saturated carbocycles. The van der Waals surface area contributed by atoms with Crippen molar-refractivity contribution in [1.82, 2.24) is 30.1 Å². The van der Waals surface area contributed by atoms with Crippen molar-refractivity contribution in [3.8, 4) is 0 Å². The van der Waals surface area contributed by atoms with E-state index in [1.165, 1.54) is 17.0 Å². The molecule has 0 aromatic carbocycles. The van der Waals surface area contributed by atoms with E-state index in [9.17, 15) is 24.3 Å². The van der Waals surface area contributed by atoms with Gasteiger partial charge < -0.3 is 15.7 Å². The fourth-order valence-electron chi connectivity index (χ4n) is 5.13. The van der Waals surface area contributed by atoms with Gasteiger partial charge in [0.25, 0.3) is 5.56 Å². The molecule has 2 unspecified atom stereocenters. The molecule has 0 spiro atoms. The quantitative estimate of drug-likeness (QED) is 0.373. The van der Waals surface area contributed by atoms with Crippen molar-refractivity contribution in [2.45, 2.75) is 83.1 Å². The number of nitrogens with one attached hydrogen (secondary N) is 2. The van der Waals surface area contributed by atoms with Crippen molar-refractivity contribution >= 4 is 23.5 Å². The molecule has 4 rings (SSSR count). The Morgan fingerprint density at radius 2 is 1.89 bits per heavy atom. The Morgan fingerprint density at radius 1 is 1.19 bits per heavy atom. The van der Waals surface area contributed by atoms with Crippen molar-refractivity contribution in [3.05, 3.63) is 34.1 Å². The molecular formula is C23H31N7O6. The maximum Gasteiger partial charge on any atom is 0.305 e. The van der Waals surface area contributed by atoms with E-state index >= 15 is 0 Å². The van der Waals surface area contributed by atoms with E-state index < -0.39 is 35.9 Å². The lowest BCUT2D eigenvalue weighted by Gasteiger charge is -2.25. The molecule has 2 bridgehead atoms. The average molecular weight is 502 g/mol. The zero-order valence-electron chi connectivity index (χ0n) is 20.3. The van der Waals surface area contributed by atoms with E-state index in [4.69, 9.17) is 0 Å². The highest BCUT2D eigenvalue weighted by Crippen LogP contribution is 2.37. The smallest absolute Gasteiger partial charge is 0.305 e. The third kappa shape index (κ3) is 5.45. The summed E-state index contributed by atoms with van der Waals surface area (Å²) < 4.78 is 5.87. The van der Waals surface area contributed by atoms with Gasteiger partial charge in [0.2, 0.25) is 5.91 Å². The fraction of sp³-hybridized carbons (Fsp3) is 0.609. The molecule has 13 nitrogen and oxygen atoms in total. The number of nitrogens with zero attached hydrogens (tertiary/aromatic N) is 5. The van der Waals surface area contributed by atoms with Gasteiger partial charge in [0.1, 0.15) is 17.4 Å². The Morgan fingerprint density at radius 3 is 2.47 bits per heavy atom. The number of carboxylic acids is 1. The second-order valence-electron chi connectivity index (χ2n) is 9.32. The maximum atomic E-state index is 13.2. The van der Waals surface area contributed by atoms with Crippen LogP contribution >= 0.6 is 0 Å². The summed E-state index contributed by atoms with van der Waals surface area (Å²) in [6.07, 6.45) is 6.66. The first-order valence-corrected chi connectivity index (χ1v) is 12.2. The maximum absolute atomic E-state index is 13.2. The second kappa shape index (κ2) is 11.0. The van der Waals surface area contributed by atoms with Gasteiger partial charge in [-0.3, -0.25) is 28.6 Å². The molecule has 2 saturated heterocycles. The van der Waals surface area contributed by atoms with Gasteiger partial charge in [0, 0.05) is 24.5 Å². The van der Waals surface area contributed by atoms with Gasteiger partial charge in [-0.15, -0.1) is 0 Å². The zero-order chi connectivity index (χ0) is 25.8. The predicted octanol–water partition coefficient (Wildman–Crippen LogP) is 0.653. The second-order valence-corrected chi connectivity index (χ2v) is 9.32. The van der Waals surface area contributed by atoms with Crippen LogP contribution in [0.2, 0.25) is 0 Å². The number of anilines is 1. The molecule has 2 aliphatic heterocycles. The van der Waals surface area contributed by atoms with Crippen molar-refractivity contribution in [2.24, 2.45) is 0 Å². The Hall–Kier alpha value is -3.61. The van der Waals surface area contributed by atoms with Crippen LogP contribution in [0.5, 0.6) is 0 Å². The van der Waals surface area contributed by atoms with E-state index in [0.29, 0.717) is 23.5 Å². The molecule has 4 heterocycles. The predicted molar refractivity (Wildman–Crippen MR) is 126 cm³/mol. The van der Waals surface area contributed by atoms with Crippen LogP contribution in [-0.4, -0.2) is 72.2 Å². The number of aryl methyl sites for hydroxylation is 1. The SMILES string of the molecule is CCC(C(=O)NC(CC(=O)O)C(=O)CN1C2CCC1CC2)n1ccnc(NCc2nonc2C)c1=O. The summed E-state index contributed by atoms with van der Waals surface area (Å²) in [7, 11) is 0. The highest BCUT2D eigenvalue weighted by Gasteiger charge is 2.41. The van der Waals surface area contributed by atoms with Crippen molar-refractivity contribution in [2.75, 3.05) is 11.9 Å². The summed E-state index contributed by atoms with van der Waals surface area (Å²) in [6.45, 7) is 3.71. The number of aliphatic carboxylic acids is 1. The number of carbonyl (C=O) groups is 3. The first-order valence-electron chi connectivity index (χ1n) is 12.2. The Balaban J connectivity index is 1.46. The molecule has 2 fully saturated rings. The highest BCUT2D eigenvalue weighted by molar-refractivity contribution is 5.94. The fourth-order valence-corrected chi connectivity index (χ4v) is 5.13. The summed E-state index contributed by atoms with van der Waals surface area (Å²) >= 11 is 0. The number of Topliss-reactive ketones (excluding diaryl/α,β-unsaturated/α-hetero) is 1. The molecule has 36 heavy (non-hydrogen) atoms. The van der Waals surface area contributed by atoms with Gasteiger partial charge in [-0.25, -0.2) is 9.61 Å². The first kappa shape index (κ1) is 25.5. The molecular weight excluding hydrogens is 470 g/mol. The molecule has 194 valence electrons. The number of aromatic nitrogens is 4. The Labute approximate surface area is 207 Å². The molecule has 2 aromatic heterocycles. The molecule has 0 radical (unpaired) electrons. The van der Waals surface area contributed by atoms with Crippen molar-refractivity contribution in [3.63, 3.8) is 0 Å². The average Bonchev–Trinajstić information content (AvgIpc) is 3.55. The summed E-state index contributed by atoms with van der Waals surface area (Å²) in [5, 5.41) is 22.3. The topological polar surface area (TPSA) is 173 Å². The number of carboxylic acid groups (broad SMARTS) is 1. The highest BCUT2D eigenvalue weighted by atomic mass is 16.6. The molecule has 13 heteroatoms. The van der Waals surface area contributed by atoms with E-state index in [-0.39, 0.29) is 31.1 Å². The van der Waals surface area contributed by atoms with Crippen LogP contribution < -0.4 is 16.2 Å². The monoisotopic (exact) mass is 501 g/mol. The number of carbonyl (C=O) groups excluding carboxylic acids is 2. The van der Waals surface area contributed by atoms with E-state index in [1.54, 1.807) is 13.8 Å². The molecule has 0 aliphatic carbocycles. The summed E-state index contributed by atoms with van der Waals surface area (Å²) in [4.78, 5) is 57.0. The molecule has 1 amide bonds. The standard InChI is InChI=1S/C23H31N7O6/c1-3-18(29-9-8-24-21(23(29)35)25-11-17-13(2)27-36-28-17)22(34)26-16(10-20(32)33)19(31)12-30-14-4-5-15(30)7-6-14/h8-9,14-16,18H,3-7,10-12H2,1-2H3,(H,24,25)(H,26,34)(H,32,33). The molecule has 2 aromatic rings. The van der Waals surface area contributed by atoms with E-state index in [1.807, 2.05) is 0 Å². The van der Waals surface area contributed by atoms with Crippen LogP contribution in [0.1, 0.15) is 62.9 Å². The lowest BCUT2D eigenvalue weighted by atomic mass is 10.0. The number of rotatable bonds is 12. The summed E-state index contributed by atoms with van der Waals surface area (Å²) in [5.74, 6) is -2.11. The van der Waals surface area contributed by atoms with Crippen LogP contribution in [0.15, 0.2) is 21.8 Å². The number of hydrogen-bond donors (Lipinski definition) is 3. The van der Waals surface area contributed by atoms with Gasteiger partial charge in [-0.2, -0.15) is 0 Å². The first-order chi connectivity index (χ1) is 17.3. The minimum atomic E-state index is -1.18. The Kier molecular flexibility index (Phi) is 7.77. The minimum Gasteiger partial charge on any atom is -0.481 e. The third-order valence-corrected chi connectivity index (χ3v) is 7.09. The van der Waals surface area contributed by atoms with Gasteiger partial charge in [-0.1, -0.05) is 17.2 Å². The molecule has 2 aliphatic rings. The van der Waals surface area contributed by atoms with Crippen LogP contribution in [0, 0.1) is 6.92 Å².